The summed E-state index contributed by atoms with van der Waals surface area (Å²) in [6, 6.07) is 0.472. The summed E-state index contributed by atoms with van der Waals surface area (Å²) < 4.78 is 0. The summed E-state index contributed by atoms with van der Waals surface area (Å²) in [7, 11) is 4.14. The molecule has 94 valence electrons. The van der Waals surface area contributed by atoms with E-state index in [0.29, 0.717) is 11.6 Å². The minimum Gasteiger partial charge on any atom is -0.337 e. The fraction of sp³-hybridized carbons (Fsp3) is 0.667. The van der Waals surface area contributed by atoms with Crippen molar-refractivity contribution in [2.24, 2.45) is 0 Å². The minimum absolute atomic E-state index is 0.0998. The average Bonchev–Trinajstić information content (AvgIpc) is 2.74. The molecule has 17 heavy (non-hydrogen) atoms. The van der Waals surface area contributed by atoms with Gasteiger partial charge in [-0.2, -0.15) is 5.10 Å². The van der Waals surface area contributed by atoms with Crippen LogP contribution in [0.2, 0.25) is 0 Å². The Morgan fingerprint density at radius 3 is 2.94 bits per heavy atom. The Bertz CT molecular complexity index is 399. The summed E-state index contributed by atoms with van der Waals surface area (Å²) >= 11 is 0. The van der Waals surface area contributed by atoms with Crippen molar-refractivity contribution >= 4 is 5.91 Å². The summed E-state index contributed by atoms with van der Waals surface area (Å²) in [6.07, 6.45) is 3.86. The number of nitrogens with zero attached hydrogens (tertiary/aromatic N) is 3. The summed E-state index contributed by atoms with van der Waals surface area (Å²) in [5.74, 6) is 0.0998. The van der Waals surface area contributed by atoms with Crippen LogP contribution in [0.25, 0.3) is 0 Å². The monoisotopic (exact) mass is 236 g/mol. The maximum atomic E-state index is 12.3. The summed E-state index contributed by atoms with van der Waals surface area (Å²) in [5.41, 5.74) is 1.55. The van der Waals surface area contributed by atoms with Crippen molar-refractivity contribution in [1.29, 1.82) is 0 Å². The Kier molecular flexibility index (Phi) is 3.47. The van der Waals surface area contributed by atoms with E-state index in [4.69, 9.17) is 0 Å². The second-order valence-electron chi connectivity index (χ2n) is 4.92. The molecule has 1 aromatic heterocycles. The Morgan fingerprint density at radius 1 is 1.59 bits per heavy atom. The maximum absolute atomic E-state index is 12.3. The lowest BCUT2D eigenvalue weighted by Gasteiger charge is -2.36. The highest BCUT2D eigenvalue weighted by Crippen LogP contribution is 2.17. The Labute approximate surface area is 102 Å². The SMILES string of the molecule is Cc1[nH]ncc1C(=O)N1CCCC(N(C)C)C1. The molecule has 1 aliphatic heterocycles. The lowest BCUT2D eigenvalue weighted by Crippen LogP contribution is -2.47. The molecule has 1 N–H and O–H groups in total. The Morgan fingerprint density at radius 2 is 2.35 bits per heavy atom. The molecular formula is C12H20N4O. The van der Waals surface area contributed by atoms with Gasteiger partial charge in [0.05, 0.1) is 11.8 Å². The molecule has 1 unspecified atom stereocenters. The zero-order valence-corrected chi connectivity index (χ0v) is 10.7. The van der Waals surface area contributed by atoms with Crippen LogP contribution in [-0.2, 0) is 0 Å². The highest BCUT2D eigenvalue weighted by atomic mass is 16.2. The van der Waals surface area contributed by atoms with Crippen molar-refractivity contribution in [3.8, 4) is 0 Å². The average molecular weight is 236 g/mol. The molecule has 1 aromatic rings. The standard InChI is InChI=1S/C12H20N4O/c1-9-11(7-13-14-9)12(17)16-6-4-5-10(8-16)15(2)3/h7,10H,4-6,8H2,1-3H3,(H,13,14). The van der Waals surface area contributed by atoms with E-state index in [-0.39, 0.29) is 5.91 Å². The van der Waals surface area contributed by atoms with Gasteiger partial charge >= 0.3 is 0 Å². The molecule has 5 heteroatoms. The van der Waals surface area contributed by atoms with E-state index >= 15 is 0 Å². The molecule has 0 saturated carbocycles. The van der Waals surface area contributed by atoms with Crippen LogP contribution in [0.15, 0.2) is 6.20 Å². The molecular weight excluding hydrogens is 216 g/mol. The van der Waals surface area contributed by atoms with Crippen molar-refractivity contribution in [2.45, 2.75) is 25.8 Å². The number of aryl methyl sites for hydroxylation is 1. The molecule has 0 radical (unpaired) electrons. The Balaban J connectivity index is 2.07. The predicted octanol–water partition coefficient (Wildman–Crippen LogP) is 0.884. The van der Waals surface area contributed by atoms with Crippen LogP contribution < -0.4 is 0 Å². The van der Waals surface area contributed by atoms with Gasteiger partial charge in [0.1, 0.15) is 0 Å². The number of rotatable bonds is 2. The quantitative estimate of drug-likeness (QED) is 0.829. The van der Waals surface area contributed by atoms with Gasteiger partial charge in [-0.3, -0.25) is 9.89 Å². The highest BCUT2D eigenvalue weighted by Gasteiger charge is 2.26. The maximum Gasteiger partial charge on any atom is 0.257 e. The third-order valence-electron chi connectivity index (χ3n) is 3.47. The first-order chi connectivity index (χ1) is 8.09. The Hall–Kier alpha value is -1.36. The molecule has 1 amide bonds. The summed E-state index contributed by atoms with van der Waals surface area (Å²) in [6.45, 7) is 3.55. The lowest BCUT2D eigenvalue weighted by molar-refractivity contribution is 0.0634. The van der Waals surface area contributed by atoms with Crippen molar-refractivity contribution in [3.05, 3.63) is 17.5 Å². The number of likely N-dealkylation sites (tertiary alicyclic amines) is 1. The van der Waals surface area contributed by atoms with Crippen LogP contribution in [0, 0.1) is 6.92 Å². The van der Waals surface area contributed by atoms with Crippen molar-refractivity contribution in [2.75, 3.05) is 27.2 Å². The zero-order chi connectivity index (χ0) is 12.4. The number of carbonyl (C=O) groups excluding carboxylic acids is 1. The van der Waals surface area contributed by atoms with E-state index in [1.807, 2.05) is 11.8 Å². The fourth-order valence-corrected chi connectivity index (χ4v) is 2.30. The van der Waals surface area contributed by atoms with Crippen LogP contribution in [0.3, 0.4) is 0 Å². The number of carbonyl (C=O) groups is 1. The number of likely N-dealkylation sites (N-methyl/N-ethyl adjacent to an activating group) is 1. The van der Waals surface area contributed by atoms with Gasteiger partial charge in [-0.05, 0) is 33.9 Å². The molecule has 0 spiro atoms. The number of piperidine rings is 1. The second kappa shape index (κ2) is 4.87. The van der Waals surface area contributed by atoms with Gasteiger partial charge in [-0.15, -0.1) is 0 Å². The van der Waals surface area contributed by atoms with Crippen LogP contribution in [0.5, 0.6) is 0 Å². The molecule has 2 rings (SSSR count). The number of hydrogen-bond donors (Lipinski definition) is 1. The third-order valence-corrected chi connectivity index (χ3v) is 3.47. The van der Waals surface area contributed by atoms with E-state index in [1.165, 1.54) is 6.42 Å². The second-order valence-corrected chi connectivity index (χ2v) is 4.92. The van der Waals surface area contributed by atoms with E-state index < -0.39 is 0 Å². The number of amides is 1. The molecule has 1 aliphatic rings. The van der Waals surface area contributed by atoms with E-state index in [1.54, 1.807) is 6.20 Å². The molecule has 0 aromatic carbocycles. The van der Waals surface area contributed by atoms with Crippen LogP contribution in [-0.4, -0.2) is 59.1 Å². The van der Waals surface area contributed by atoms with Crippen LogP contribution >= 0.6 is 0 Å². The molecule has 5 nitrogen and oxygen atoms in total. The van der Waals surface area contributed by atoms with Gasteiger partial charge in [0.15, 0.2) is 0 Å². The smallest absolute Gasteiger partial charge is 0.257 e. The molecule has 1 fully saturated rings. The minimum atomic E-state index is 0.0998. The lowest BCUT2D eigenvalue weighted by atomic mass is 10.0. The molecule has 1 atom stereocenters. The summed E-state index contributed by atoms with van der Waals surface area (Å²) in [5, 5.41) is 6.72. The first kappa shape index (κ1) is 12.1. The summed E-state index contributed by atoms with van der Waals surface area (Å²) in [4.78, 5) is 16.4. The number of aromatic nitrogens is 2. The van der Waals surface area contributed by atoms with Gasteiger partial charge in [0.2, 0.25) is 0 Å². The van der Waals surface area contributed by atoms with Gasteiger partial charge in [0, 0.05) is 24.8 Å². The topological polar surface area (TPSA) is 52.2 Å². The molecule has 0 bridgehead atoms. The highest BCUT2D eigenvalue weighted by molar-refractivity contribution is 5.95. The van der Waals surface area contributed by atoms with Gasteiger partial charge < -0.3 is 9.80 Å². The molecule has 2 heterocycles. The van der Waals surface area contributed by atoms with Gasteiger partial charge in [-0.25, -0.2) is 0 Å². The number of aromatic amines is 1. The normalized spacial score (nSPS) is 20.9. The first-order valence-electron chi connectivity index (χ1n) is 6.05. The van der Waals surface area contributed by atoms with E-state index in [2.05, 4.69) is 29.2 Å². The van der Waals surface area contributed by atoms with Crippen molar-refractivity contribution < 1.29 is 4.79 Å². The first-order valence-corrected chi connectivity index (χ1v) is 6.05. The fourth-order valence-electron chi connectivity index (χ4n) is 2.30. The third kappa shape index (κ3) is 2.49. The number of H-pyrrole nitrogens is 1. The molecule has 1 saturated heterocycles. The van der Waals surface area contributed by atoms with Crippen LogP contribution in [0.4, 0.5) is 0 Å². The largest absolute Gasteiger partial charge is 0.337 e. The van der Waals surface area contributed by atoms with E-state index in [0.717, 1.165) is 25.2 Å². The van der Waals surface area contributed by atoms with Crippen molar-refractivity contribution in [3.63, 3.8) is 0 Å². The number of hydrogen-bond acceptors (Lipinski definition) is 3. The van der Waals surface area contributed by atoms with Gasteiger partial charge in [0.25, 0.3) is 5.91 Å². The van der Waals surface area contributed by atoms with E-state index in [9.17, 15) is 4.79 Å². The molecule has 0 aliphatic carbocycles. The zero-order valence-electron chi connectivity index (χ0n) is 10.7. The van der Waals surface area contributed by atoms with Crippen molar-refractivity contribution in [1.82, 2.24) is 20.0 Å². The van der Waals surface area contributed by atoms with Crippen LogP contribution in [0.1, 0.15) is 28.9 Å². The predicted molar refractivity (Wildman–Crippen MR) is 65.9 cm³/mol. The number of nitrogens with one attached hydrogen (secondary N) is 1. The van der Waals surface area contributed by atoms with Gasteiger partial charge in [-0.1, -0.05) is 0 Å².